The molecule has 0 fully saturated rings. The van der Waals surface area contributed by atoms with E-state index in [2.05, 4.69) is 0 Å². The van der Waals surface area contributed by atoms with Crippen LogP contribution in [-0.4, -0.2) is 5.78 Å². The minimum Gasteiger partial charge on any atom is -0.489 e. The number of Topliss-reactive ketones (excluding diaryl/α,β-unsaturated/α-hetero) is 1. The van der Waals surface area contributed by atoms with Crippen LogP contribution >= 0.6 is 11.6 Å². The topological polar surface area (TPSA) is 26.3 Å². The van der Waals surface area contributed by atoms with Gasteiger partial charge in [0.15, 0.2) is 5.78 Å². The normalized spacial score (nSPS) is 10.3. The number of aryl methyl sites for hydroxylation is 1. The lowest BCUT2D eigenvalue weighted by molar-refractivity contribution is 0.101. The fourth-order valence-corrected chi connectivity index (χ4v) is 2.01. The fourth-order valence-electron chi connectivity index (χ4n) is 1.72. The number of rotatable bonds is 4. The Morgan fingerprint density at radius 2 is 1.84 bits per heavy atom. The van der Waals surface area contributed by atoms with Crippen molar-refractivity contribution in [2.24, 2.45) is 0 Å². The van der Waals surface area contributed by atoms with Crippen LogP contribution in [0, 0.1) is 6.92 Å². The molecule has 0 aliphatic heterocycles. The van der Waals surface area contributed by atoms with E-state index in [1.54, 1.807) is 31.2 Å². The highest BCUT2D eigenvalue weighted by atomic mass is 35.5. The molecule has 0 atom stereocenters. The Bertz CT molecular complexity index is 588. The van der Waals surface area contributed by atoms with E-state index in [-0.39, 0.29) is 5.78 Å². The lowest BCUT2D eigenvalue weighted by atomic mass is 10.1. The molecule has 2 aromatic rings. The number of ether oxygens (including phenoxy) is 1. The maximum Gasteiger partial charge on any atom is 0.159 e. The van der Waals surface area contributed by atoms with Gasteiger partial charge in [0.25, 0.3) is 0 Å². The van der Waals surface area contributed by atoms with Crippen molar-refractivity contribution in [3.05, 3.63) is 64.2 Å². The third kappa shape index (κ3) is 3.58. The molecule has 0 aliphatic carbocycles. The standard InChI is InChI=1S/C16H15ClO2/c1-11-3-4-14(16(17)9-11)10-19-15-7-5-13(6-8-15)12(2)18/h3-9H,10H2,1-2H3. The summed E-state index contributed by atoms with van der Waals surface area (Å²) in [5.41, 5.74) is 2.75. The molecule has 0 bridgehead atoms. The van der Waals surface area contributed by atoms with Gasteiger partial charge in [-0.1, -0.05) is 23.7 Å². The van der Waals surface area contributed by atoms with Crippen molar-refractivity contribution in [1.29, 1.82) is 0 Å². The van der Waals surface area contributed by atoms with Crippen LogP contribution < -0.4 is 4.74 Å². The van der Waals surface area contributed by atoms with Crippen LogP contribution in [0.4, 0.5) is 0 Å². The number of hydrogen-bond acceptors (Lipinski definition) is 2. The highest BCUT2D eigenvalue weighted by molar-refractivity contribution is 6.31. The second kappa shape index (κ2) is 5.89. The molecular formula is C16H15ClO2. The first-order valence-corrected chi connectivity index (χ1v) is 6.43. The zero-order valence-electron chi connectivity index (χ0n) is 10.9. The lowest BCUT2D eigenvalue weighted by Crippen LogP contribution is -1.97. The van der Waals surface area contributed by atoms with E-state index >= 15 is 0 Å². The SMILES string of the molecule is CC(=O)c1ccc(OCc2ccc(C)cc2Cl)cc1. The summed E-state index contributed by atoms with van der Waals surface area (Å²) in [7, 11) is 0. The van der Waals surface area contributed by atoms with Crippen molar-refractivity contribution in [1.82, 2.24) is 0 Å². The Labute approximate surface area is 118 Å². The quantitative estimate of drug-likeness (QED) is 0.771. The Hall–Kier alpha value is -1.80. The zero-order chi connectivity index (χ0) is 13.8. The molecule has 0 amide bonds. The first kappa shape index (κ1) is 13.6. The predicted octanol–water partition coefficient (Wildman–Crippen LogP) is 4.43. The largest absolute Gasteiger partial charge is 0.489 e. The molecule has 0 spiro atoms. The van der Waals surface area contributed by atoms with Crippen LogP contribution in [0.5, 0.6) is 5.75 Å². The summed E-state index contributed by atoms with van der Waals surface area (Å²) in [6, 6.07) is 13.0. The predicted molar refractivity (Wildman–Crippen MR) is 77.0 cm³/mol. The minimum atomic E-state index is 0.0492. The fraction of sp³-hybridized carbons (Fsp3) is 0.188. The van der Waals surface area contributed by atoms with E-state index < -0.39 is 0 Å². The minimum absolute atomic E-state index is 0.0492. The van der Waals surface area contributed by atoms with Crippen molar-refractivity contribution in [3.8, 4) is 5.75 Å². The monoisotopic (exact) mass is 274 g/mol. The van der Waals surface area contributed by atoms with Gasteiger partial charge in [0.2, 0.25) is 0 Å². The number of hydrogen-bond donors (Lipinski definition) is 0. The van der Waals surface area contributed by atoms with Gasteiger partial charge in [-0.3, -0.25) is 4.79 Å². The van der Waals surface area contributed by atoms with Crippen molar-refractivity contribution in [3.63, 3.8) is 0 Å². The Morgan fingerprint density at radius 1 is 1.16 bits per heavy atom. The smallest absolute Gasteiger partial charge is 0.159 e. The molecule has 98 valence electrons. The maximum atomic E-state index is 11.2. The second-order valence-corrected chi connectivity index (χ2v) is 4.87. The van der Waals surface area contributed by atoms with E-state index in [0.717, 1.165) is 16.9 Å². The molecule has 0 N–H and O–H groups in total. The zero-order valence-corrected chi connectivity index (χ0v) is 11.7. The lowest BCUT2D eigenvalue weighted by Gasteiger charge is -2.08. The van der Waals surface area contributed by atoms with Crippen molar-refractivity contribution in [2.75, 3.05) is 0 Å². The Kier molecular flexibility index (Phi) is 4.23. The van der Waals surface area contributed by atoms with Gasteiger partial charge in [-0.05, 0) is 49.7 Å². The molecule has 3 heteroatoms. The van der Waals surface area contributed by atoms with Crippen molar-refractivity contribution >= 4 is 17.4 Å². The van der Waals surface area contributed by atoms with Crippen LogP contribution in [0.15, 0.2) is 42.5 Å². The van der Waals surface area contributed by atoms with E-state index in [9.17, 15) is 4.79 Å². The average Bonchev–Trinajstić information content (AvgIpc) is 2.38. The molecular weight excluding hydrogens is 260 g/mol. The van der Waals surface area contributed by atoms with Crippen LogP contribution in [-0.2, 0) is 6.61 Å². The van der Waals surface area contributed by atoms with E-state index in [0.29, 0.717) is 17.2 Å². The molecule has 0 aromatic heterocycles. The first-order valence-electron chi connectivity index (χ1n) is 6.05. The van der Waals surface area contributed by atoms with Gasteiger partial charge < -0.3 is 4.74 Å². The number of carbonyl (C=O) groups is 1. The van der Waals surface area contributed by atoms with Gasteiger partial charge in [-0.25, -0.2) is 0 Å². The molecule has 2 aromatic carbocycles. The summed E-state index contributed by atoms with van der Waals surface area (Å²) in [6.07, 6.45) is 0. The summed E-state index contributed by atoms with van der Waals surface area (Å²) in [5, 5.41) is 0.709. The molecule has 0 aliphatic rings. The molecule has 19 heavy (non-hydrogen) atoms. The van der Waals surface area contributed by atoms with Crippen LogP contribution in [0.1, 0.15) is 28.4 Å². The average molecular weight is 275 g/mol. The summed E-state index contributed by atoms with van der Waals surface area (Å²) < 4.78 is 5.65. The Morgan fingerprint density at radius 3 is 2.42 bits per heavy atom. The van der Waals surface area contributed by atoms with Gasteiger partial charge in [0.1, 0.15) is 12.4 Å². The van der Waals surface area contributed by atoms with Crippen LogP contribution in [0.25, 0.3) is 0 Å². The van der Waals surface area contributed by atoms with E-state index in [1.807, 2.05) is 25.1 Å². The van der Waals surface area contributed by atoms with Gasteiger partial charge in [-0.2, -0.15) is 0 Å². The highest BCUT2D eigenvalue weighted by Crippen LogP contribution is 2.20. The van der Waals surface area contributed by atoms with Gasteiger partial charge >= 0.3 is 0 Å². The molecule has 0 saturated heterocycles. The number of halogens is 1. The summed E-state index contributed by atoms with van der Waals surface area (Å²) >= 11 is 6.14. The Balaban J connectivity index is 2.04. The van der Waals surface area contributed by atoms with Crippen molar-refractivity contribution < 1.29 is 9.53 Å². The summed E-state index contributed by atoms with van der Waals surface area (Å²) in [5.74, 6) is 0.773. The molecule has 0 saturated carbocycles. The van der Waals surface area contributed by atoms with E-state index in [4.69, 9.17) is 16.3 Å². The molecule has 2 nitrogen and oxygen atoms in total. The summed E-state index contributed by atoms with van der Waals surface area (Å²) in [6.45, 7) is 3.96. The van der Waals surface area contributed by atoms with Gasteiger partial charge in [-0.15, -0.1) is 0 Å². The molecule has 2 rings (SSSR count). The highest BCUT2D eigenvalue weighted by Gasteiger charge is 2.03. The van der Waals surface area contributed by atoms with E-state index in [1.165, 1.54) is 0 Å². The number of carbonyl (C=O) groups excluding carboxylic acids is 1. The molecule has 0 unspecified atom stereocenters. The van der Waals surface area contributed by atoms with Gasteiger partial charge in [0, 0.05) is 16.1 Å². The first-order chi connectivity index (χ1) is 9.06. The molecule has 0 radical (unpaired) electrons. The van der Waals surface area contributed by atoms with Gasteiger partial charge in [0.05, 0.1) is 0 Å². The van der Waals surface area contributed by atoms with Crippen molar-refractivity contribution in [2.45, 2.75) is 20.5 Å². The second-order valence-electron chi connectivity index (χ2n) is 4.46. The maximum absolute atomic E-state index is 11.2. The molecule has 0 heterocycles. The summed E-state index contributed by atoms with van der Waals surface area (Å²) in [4.78, 5) is 11.2. The third-order valence-corrected chi connectivity index (χ3v) is 3.22. The number of benzene rings is 2. The van der Waals surface area contributed by atoms with Crippen LogP contribution in [0.3, 0.4) is 0 Å². The number of ketones is 1. The third-order valence-electron chi connectivity index (χ3n) is 2.86. The van der Waals surface area contributed by atoms with Crippen LogP contribution in [0.2, 0.25) is 5.02 Å².